The summed E-state index contributed by atoms with van der Waals surface area (Å²) in [5.41, 5.74) is 0.0161. The van der Waals surface area contributed by atoms with Gasteiger partial charge in [-0.15, -0.1) is 0 Å². The molecule has 0 radical (unpaired) electrons. The van der Waals surface area contributed by atoms with Gasteiger partial charge in [-0.2, -0.15) is 5.10 Å². The molecule has 2 aliphatic heterocycles. The van der Waals surface area contributed by atoms with Crippen molar-refractivity contribution in [1.29, 1.82) is 0 Å². The van der Waals surface area contributed by atoms with E-state index in [9.17, 15) is 9.59 Å². The summed E-state index contributed by atoms with van der Waals surface area (Å²) in [6.45, 7) is 2.61. The van der Waals surface area contributed by atoms with Crippen molar-refractivity contribution in [3.05, 3.63) is 39.1 Å². The average molecular weight is 390 g/mol. The molecule has 7 heteroatoms. The number of hydrogen-bond acceptors (Lipinski definition) is 5. The van der Waals surface area contributed by atoms with Crippen LogP contribution in [0, 0.1) is 0 Å². The lowest BCUT2D eigenvalue weighted by Gasteiger charge is -2.35. The fourth-order valence-corrected chi connectivity index (χ4v) is 4.73. The zero-order chi connectivity index (χ0) is 19.1. The number of ether oxygens (including phenoxy) is 1. The number of piperidine rings is 1. The molecule has 3 heterocycles. The molecule has 2 saturated heterocycles. The number of carbonyl (C=O) groups is 1. The van der Waals surface area contributed by atoms with Crippen LogP contribution in [0.1, 0.15) is 49.5 Å². The van der Waals surface area contributed by atoms with Gasteiger partial charge in [0.1, 0.15) is 6.10 Å². The van der Waals surface area contributed by atoms with Gasteiger partial charge in [-0.05, 0) is 38.4 Å². The van der Waals surface area contributed by atoms with E-state index in [1.54, 1.807) is 22.9 Å². The summed E-state index contributed by atoms with van der Waals surface area (Å²) in [7, 11) is 2.14. The number of carbonyl (C=O) groups excluding carboxylic acids is 1. The van der Waals surface area contributed by atoms with E-state index in [4.69, 9.17) is 16.3 Å². The van der Waals surface area contributed by atoms with E-state index < -0.39 is 11.4 Å². The van der Waals surface area contributed by atoms with E-state index in [2.05, 4.69) is 17.0 Å². The summed E-state index contributed by atoms with van der Waals surface area (Å²) in [5.74, 6) is -0.638. The van der Waals surface area contributed by atoms with Gasteiger partial charge >= 0.3 is 5.97 Å². The molecule has 2 bridgehead atoms. The molecule has 2 aromatic rings. The van der Waals surface area contributed by atoms with Crippen LogP contribution in [0.4, 0.5) is 0 Å². The van der Waals surface area contributed by atoms with Crippen molar-refractivity contribution < 1.29 is 9.53 Å². The minimum absolute atomic E-state index is 0.158. The Morgan fingerprint density at radius 3 is 2.67 bits per heavy atom. The van der Waals surface area contributed by atoms with Crippen molar-refractivity contribution in [3.8, 4) is 0 Å². The van der Waals surface area contributed by atoms with Crippen molar-refractivity contribution in [2.24, 2.45) is 0 Å². The van der Waals surface area contributed by atoms with Gasteiger partial charge in [0.15, 0.2) is 0 Å². The molecule has 0 N–H and O–H groups in total. The molecule has 2 aliphatic rings. The normalized spacial score (nSPS) is 25.1. The zero-order valence-electron chi connectivity index (χ0n) is 15.7. The monoisotopic (exact) mass is 389 g/mol. The van der Waals surface area contributed by atoms with Gasteiger partial charge in [-0.3, -0.25) is 9.48 Å². The zero-order valence-corrected chi connectivity index (χ0v) is 16.4. The number of rotatable bonds is 4. The Balaban J connectivity index is 1.67. The van der Waals surface area contributed by atoms with E-state index in [1.165, 1.54) is 0 Å². The molecule has 6 nitrogen and oxygen atoms in total. The van der Waals surface area contributed by atoms with Gasteiger partial charge in [0.25, 0.3) is 0 Å². The highest BCUT2D eigenvalue weighted by atomic mass is 35.5. The number of hydrogen-bond donors (Lipinski definition) is 0. The molecule has 2 unspecified atom stereocenters. The SMILES string of the molecule is CCCn1nc(C(=O)OC2CC3CCC(C2)N3C)c(=O)c2c(Cl)cccc21. The molecule has 0 amide bonds. The highest BCUT2D eigenvalue weighted by Gasteiger charge is 2.40. The van der Waals surface area contributed by atoms with Crippen molar-refractivity contribution in [2.45, 2.75) is 63.8 Å². The van der Waals surface area contributed by atoms with Gasteiger partial charge < -0.3 is 9.64 Å². The highest BCUT2D eigenvalue weighted by molar-refractivity contribution is 6.35. The smallest absolute Gasteiger partial charge is 0.363 e. The predicted octanol–water partition coefficient (Wildman–Crippen LogP) is 3.24. The first kappa shape index (κ1) is 18.4. The molecule has 27 heavy (non-hydrogen) atoms. The summed E-state index contributed by atoms with van der Waals surface area (Å²) in [6, 6.07) is 6.15. The third kappa shape index (κ3) is 3.25. The minimum atomic E-state index is -0.638. The van der Waals surface area contributed by atoms with E-state index >= 15 is 0 Å². The lowest BCUT2D eigenvalue weighted by atomic mass is 10.0. The molecule has 0 spiro atoms. The molecular formula is C20H24ClN3O3. The second-order valence-corrected chi connectivity index (χ2v) is 7.99. The molecule has 1 aromatic carbocycles. The van der Waals surface area contributed by atoms with Gasteiger partial charge in [-0.25, -0.2) is 4.79 Å². The summed E-state index contributed by atoms with van der Waals surface area (Å²) in [4.78, 5) is 28.1. The summed E-state index contributed by atoms with van der Waals surface area (Å²) < 4.78 is 7.40. The molecule has 0 saturated carbocycles. The third-order valence-corrected chi connectivity index (χ3v) is 6.20. The topological polar surface area (TPSA) is 64.4 Å². The van der Waals surface area contributed by atoms with Crippen molar-refractivity contribution in [3.63, 3.8) is 0 Å². The first-order valence-corrected chi connectivity index (χ1v) is 9.99. The lowest BCUT2D eigenvalue weighted by Crippen LogP contribution is -2.43. The molecule has 1 aromatic heterocycles. The predicted molar refractivity (Wildman–Crippen MR) is 104 cm³/mol. The van der Waals surface area contributed by atoms with E-state index in [0.717, 1.165) is 32.1 Å². The number of esters is 1. The van der Waals surface area contributed by atoms with Crippen LogP contribution >= 0.6 is 11.6 Å². The molecule has 0 aliphatic carbocycles. The lowest BCUT2D eigenvalue weighted by molar-refractivity contribution is -0.00129. The molecule has 2 fully saturated rings. The summed E-state index contributed by atoms with van der Waals surface area (Å²) in [5, 5.41) is 4.99. The van der Waals surface area contributed by atoms with E-state index in [1.807, 2.05) is 6.92 Å². The van der Waals surface area contributed by atoms with Crippen LogP contribution in [-0.2, 0) is 11.3 Å². The number of nitrogens with zero attached hydrogens (tertiary/aromatic N) is 3. The Morgan fingerprint density at radius 2 is 2.00 bits per heavy atom. The van der Waals surface area contributed by atoms with Crippen molar-refractivity contribution in [1.82, 2.24) is 14.7 Å². The summed E-state index contributed by atoms with van der Waals surface area (Å²) >= 11 is 6.27. The Hall–Kier alpha value is -1.92. The second kappa shape index (κ2) is 7.24. The van der Waals surface area contributed by atoms with Gasteiger partial charge in [0.2, 0.25) is 11.1 Å². The largest absolute Gasteiger partial charge is 0.457 e. The third-order valence-electron chi connectivity index (χ3n) is 5.89. The second-order valence-electron chi connectivity index (χ2n) is 7.58. The quantitative estimate of drug-likeness (QED) is 0.751. The number of benzene rings is 1. The van der Waals surface area contributed by atoms with Crippen molar-refractivity contribution >= 4 is 28.5 Å². The Labute approximate surface area is 163 Å². The van der Waals surface area contributed by atoms with Crippen LogP contribution < -0.4 is 5.43 Å². The maximum Gasteiger partial charge on any atom is 0.363 e. The molecule has 144 valence electrons. The Morgan fingerprint density at radius 1 is 1.30 bits per heavy atom. The Bertz CT molecular complexity index is 928. The van der Waals surface area contributed by atoms with Gasteiger partial charge in [0, 0.05) is 31.5 Å². The van der Waals surface area contributed by atoms with Crippen LogP contribution in [0.5, 0.6) is 0 Å². The van der Waals surface area contributed by atoms with Crippen molar-refractivity contribution in [2.75, 3.05) is 7.05 Å². The number of halogens is 1. The average Bonchev–Trinajstić information content (AvgIpc) is 2.85. The van der Waals surface area contributed by atoms with E-state index in [0.29, 0.717) is 34.6 Å². The van der Waals surface area contributed by atoms with Crippen LogP contribution in [0.15, 0.2) is 23.0 Å². The van der Waals surface area contributed by atoms with Gasteiger partial charge in [-0.1, -0.05) is 24.6 Å². The van der Waals surface area contributed by atoms with Crippen LogP contribution in [-0.4, -0.2) is 45.9 Å². The molecule has 2 atom stereocenters. The number of fused-ring (bicyclic) bond motifs is 3. The standard InChI is InChI=1S/C20H24ClN3O3/c1-3-9-24-16-6-4-5-15(21)17(16)19(25)18(22-24)20(26)27-14-10-12-7-8-13(11-14)23(12)2/h4-6,12-14H,3,7-11H2,1-2H3. The first-order valence-electron chi connectivity index (χ1n) is 9.61. The fourth-order valence-electron chi connectivity index (χ4n) is 4.47. The van der Waals surface area contributed by atoms with E-state index in [-0.39, 0.29) is 11.8 Å². The maximum absolute atomic E-state index is 12.9. The highest BCUT2D eigenvalue weighted by Crippen LogP contribution is 2.35. The summed E-state index contributed by atoms with van der Waals surface area (Å²) in [6.07, 6.45) is 4.58. The van der Waals surface area contributed by atoms with Crippen LogP contribution in [0.3, 0.4) is 0 Å². The van der Waals surface area contributed by atoms with Crippen LogP contribution in [0.25, 0.3) is 10.9 Å². The first-order chi connectivity index (χ1) is 13.0. The minimum Gasteiger partial charge on any atom is -0.457 e. The fraction of sp³-hybridized carbons (Fsp3) is 0.550. The van der Waals surface area contributed by atoms with Gasteiger partial charge in [0.05, 0.1) is 15.9 Å². The maximum atomic E-state index is 12.9. The van der Waals surface area contributed by atoms with Crippen LogP contribution in [0.2, 0.25) is 5.02 Å². The number of aromatic nitrogens is 2. The molecule has 4 rings (SSSR count). The molecular weight excluding hydrogens is 366 g/mol. The Kier molecular flexibility index (Phi) is 4.95. The number of aryl methyl sites for hydroxylation is 1.